The van der Waals surface area contributed by atoms with Gasteiger partial charge in [0.1, 0.15) is 0 Å². The molecule has 2 nitrogen and oxygen atoms in total. The van der Waals surface area contributed by atoms with Crippen molar-refractivity contribution < 1.29 is 0 Å². The zero-order chi connectivity index (χ0) is 13.1. The summed E-state index contributed by atoms with van der Waals surface area (Å²) in [5, 5.41) is 0. The minimum absolute atomic E-state index is 0.544. The van der Waals surface area contributed by atoms with Crippen LogP contribution in [-0.2, 0) is 6.54 Å². The van der Waals surface area contributed by atoms with E-state index in [-0.39, 0.29) is 0 Å². The summed E-state index contributed by atoms with van der Waals surface area (Å²) < 4.78 is 1.19. The molecule has 100 valence electrons. The number of benzene rings is 1. The van der Waals surface area contributed by atoms with E-state index >= 15 is 0 Å². The largest absolute Gasteiger partial charge is 0.329 e. The molecule has 1 saturated heterocycles. The van der Waals surface area contributed by atoms with Gasteiger partial charge in [0, 0.05) is 23.6 Å². The van der Waals surface area contributed by atoms with Crippen molar-refractivity contribution in [1.29, 1.82) is 0 Å². The Balaban J connectivity index is 2.09. The first-order chi connectivity index (χ1) is 8.61. The third kappa shape index (κ3) is 3.14. The molecule has 2 rings (SSSR count). The molecular formula is C15H23BrN2. The van der Waals surface area contributed by atoms with Crippen LogP contribution in [0.1, 0.15) is 30.9 Å². The number of hydrogen-bond acceptors (Lipinski definition) is 2. The Hall–Kier alpha value is -0.380. The van der Waals surface area contributed by atoms with Crippen LogP contribution in [0.3, 0.4) is 0 Å². The Bertz CT molecular complexity index is 405. The van der Waals surface area contributed by atoms with E-state index in [2.05, 4.69) is 52.9 Å². The van der Waals surface area contributed by atoms with Gasteiger partial charge in [0.25, 0.3) is 0 Å². The van der Waals surface area contributed by atoms with Gasteiger partial charge in [0.2, 0.25) is 0 Å². The lowest BCUT2D eigenvalue weighted by atomic mass is 9.90. The molecule has 2 unspecified atom stereocenters. The molecule has 1 aromatic carbocycles. The van der Waals surface area contributed by atoms with E-state index in [0.717, 1.165) is 19.0 Å². The molecule has 0 aliphatic carbocycles. The Morgan fingerprint density at radius 1 is 1.44 bits per heavy atom. The molecular weight excluding hydrogens is 288 g/mol. The van der Waals surface area contributed by atoms with Crippen LogP contribution in [0.25, 0.3) is 0 Å². The van der Waals surface area contributed by atoms with Gasteiger partial charge in [-0.1, -0.05) is 35.0 Å². The highest BCUT2D eigenvalue weighted by atomic mass is 79.9. The monoisotopic (exact) mass is 310 g/mol. The summed E-state index contributed by atoms with van der Waals surface area (Å²) in [6, 6.07) is 7.18. The van der Waals surface area contributed by atoms with E-state index < -0.39 is 0 Å². The lowest BCUT2D eigenvalue weighted by Gasteiger charge is -2.39. The predicted octanol–water partition coefficient (Wildman–Crippen LogP) is 3.32. The SMILES string of the molecule is Cc1cc(CN2CCCC(C)C2CN)ccc1Br. The zero-order valence-corrected chi connectivity index (χ0v) is 12.9. The van der Waals surface area contributed by atoms with Crippen LogP contribution in [0.2, 0.25) is 0 Å². The van der Waals surface area contributed by atoms with Crippen LogP contribution in [0.15, 0.2) is 22.7 Å². The van der Waals surface area contributed by atoms with Crippen molar-refractivity contribution in [1.82, 2.24) is 4.90 Å². The maximum absolute atomic E-state index is 5.94. The first kappa shape index (κ1) is 14.0. The number of nitrogens with zero attached hydrogens (tertiary/aromatic N) is 1. The van der Waals surface area contributed by atoms with Gasteiger partial charge in [-0.05, 0) is 49.4 Å². The third-order valence-electron chi connectivity index (χ3n) is 4.08. The number of piperidine rings is 1. The smallest absolute Gasteiger partial charge is 0.0247 e. The third-order valence-corrected chi connectivity index (χ3v) is 4.97. The molecule has 1 aliphatic rings. The van der Waals surface area contributed by atoms with Gasteiger partial charge in [0.05, 0.1) is 0 Å². The number of likely N-dealkylation sites (tertiary alicyclic amines) is 1. The standard InChI is InChI=1S/C15H23BrN2/c1-11-4-3-7-18(15(11)9-17)10-13-5-6-14(16)12(2)8-13/h5-6,8,11,15H,3-4,7,9-10,17H2,1-2H3. The molecule has 1 fully saturated rings. The summed E-state index contributed by atoms with van der Waals surface area (Å²) in [6.45, 7) is 7.46. The van der Waals surface area contributed by atoms with Crippen LogP contribution in [0.5, 0.6) is 0 Å². The van der Waals surface area contributed by atoms with E-state index in [9.17, 15) is 0 Å². The average Bonchev–Trinajstić information content (AvgIpc) is 2.34. The lowest BCUT2D eigenvalue weighted by molar-refractivity contribution is 0.0991. The molecule has 18 heavy (non-hydrogen) atoms. The fraction of sp³-hybridized carbons (Fsp3) is 0.600. The van der Waals surface area contributed by atoms with Gasteiger partial charge in [-0.25, -0.2) is 0 Å². The second kappa shape index (κ2) is 6.18. The number of hydrogen-bond donors (Lipinski definition) is 1. The zero-order valence-electron chi connectivity index (χ0n) is 11.3. The molecule has 2 N–H and O–H groups in total. The van der Waals surface area contributed by atoms with Crippen molar-refractivity contribution in [3.63, 3.8) is 0 Å². The Kier molecular flexibility index (Phi) is 4.82. The predicted molar refractivity (Wildman–Crippen MR) is 80.5 cm³/mol. The summed E-state index contributed by atoms with van der Waals surface area (Å²) in [7, 11) is 0. The highest BCUT2D eigenvalue weighted by molar-refractivity contribution is 9.10. The Morgan fingerprint density at radius 2 is 2.22 bits per heavy atom. The quantitative estimate of drug-likeness (QED) is 0.928. The summed E-state index contributed by atoms with van der Waals surface area (Å²) in [5.74, 6) is 0.722. The fourth-order valence-corrected chi connectivity index (χ4v) is 3.20. The first-order valence-corrected chi connectivity index (χ1v) is 7.60. The second-order valence-electron chi connectivity index (χ2n) is 5.48. The van der Waals surface area contributed by atoms with Gasteiger partial charge in [-0.2, -0.15) is 0 Å². The molecule has 0 bridgehead atoms. The molecule has 0 saturated carbocycles. The van der Waals surface area contributed by atoms with Gasteiger partial charge in [0.15, 0.2) is 0 Å². The van der Waals surface area contributed by atoms with Crippen LogP contribution >= 0.6 is 15.9 Å². The number of aryl methyl sites for hydroxylation is 1. The number of halogens is 1. The summed E-state index contributed by atoms with van der Waals surface area (Å²) in [4.78, 5) is 2.55. The normalized spacial score (nSPS) is 25.3. The fourth-order valence-electron chi connectivity index (χ4n) is 2.95. The van der Waals surface area contributed by atoms with E-state index in [4.69, 9.17) is 5.73 Å². The summed E-state index contributed by atoms with van der Waals surface area (Å²) >= 11 is 3.56. The van der Waals surface area contributed by atoms with Crippen LogP contribution in [-0.4, -0.2) is 24.0 Å². The minimum atomic E-state index is 0.544. The lowest BCUT2D eigenvalue weighted by Crippen LogP contribution is -2.48. The molecule has 0 radical (unpaired) electrons. The topological polar surface area (TPSA) is 29.3 Å². The highest BCUT2D eigenvalue weighted by Gasteiger charge is 2.27. The van der Waals surface area contributed by atoms with Crippen LogP contribution in [0, 0.1) is 12.8 Å². The molecule has 1 heterocycles. The second-order valence-corrected chi connectivity index (χ2v) is 6.33. The minimum Gasteiger partial charge on any atom is -0.329 e. The molecule has 0 spiro atoms. The average molecular weight is 311 g/mol. The number of rotatable bonds is 3. The molecule has 1 aromatic rings. The molecule has 0 amide bonds. The van der Waals surface area contributed by atoms with Crippen molar-refractivity contribution in [3.8, 4) is 0 Å². The van der Waals surface area contributed by atoms with Gasteiger partial charge < -0.3 is 5.73 Å². The van der Waals surface area contributed by atoms with Gasteiger partial charge in [-0.15, -0.1) is 0 Å². The van der Waals surface area contributed by atoms with Crippen molar-refractivity contribution >= 4 is 15.9 Å². The van der Waals surface area contributed by atoms with E-state index in [1.54, 1.807) is 0 Å². The van der Waals surface area contributed by atoms with E-state index in [0.29, 0.717) is 6.04 Å². The van der Waals surface area contributed by atoms with Gasteiger partial charge >= 0.3 is 0 Å². The molecule has 3 heteroatoms. The van der Waals surface area contributed by atoms with Crippen molar-refractivity contribution in [2.45, 2.75) is 39.3 Å². The van der Waals surface area contributed by atoms with Crippen LogP contribution in [0.4, 0.5) is 0 Å². The maximum Gasteiger partial charge on any atom is 0.0247 e. The van der Waals surface area contributed by atoms with E-state index in [1.807, 2.05) is 0 Å². The number of nitrogens with two attached hydrogens (primary N) is 1. The van der Waals surface area contributed by atoms with Crippen molar-refractivity contribution in [2.24, 2.45) is 11.7 Å². The van der Waals surface area contributed by atoms with Crippen molar-refractivity contribution in [2.75, 3.05) is 13.1 Å². The highest BCUT2D eigenvalue weighted by Crippen LogP contribution is 2.25. The summed E-state index contributed by atoms with van der Waals surface area (Å²) in [5.41, 5.74) is 8.64. The molecule has 1 aliphatic heterocycles. The van der Waals surface area contributed by atoms with Crippen LogP contribution < -0.4 is 5.73 Å². The Morgan fingerprint density at radius 3 is 2.89 bits per heavy atom. The summed E-state index contributed by atoms with van der Waals surface area (Å²) in [6.07, 6.45) is 2.62. The Labute approximate surface area is 119 Å². The molecule has 2 atom stereocenters. The van der Waals surface area contributed by atoms with Crippen molar-refractivity contribution in [3.05, 3.63) is 33.8 Å². The van der Waals surface area contributed by atoms with E-state index in [1.165, 1.54) is 35.0 Å². The first-order valence-electron chi connectivity index (χ1n) is 6.81. The maximum atomic E-state index is 5.94. The molecule has 0 aromatic heterocycles. The van der Waals surface area contributed by atoms with Gasteiger partial charge in [-0.3, -0.25) is 4.90 Å².